The van der Waals surface area contributed by atoms with Crippen molar-refractivity contribution in [1.29, 1.82) is 0 Å². The Morgan fingerprint density at radius 2 is 1.76 bits per heavy atom. The van der Waals surface area contributed by atoms with Gasteiger partial charge in [0.25, 0.3) is 10.0 Å². The number of sulfonamides is 1. The predicted molar refractivity (Wildman–Crippen MR) is 98.9 cm³/mol. The van der Waals surface area contributed by atoms with Crippen LogP contribution < -0.4 is 10.0 Å². The summed E-state index contributed by atoms with van der Waals surface area (Å²) in [7, 11) is -3.88. The number of carbonyl (C=O) groups excluding carboxylic acids is 1. The smallest absolute Gasteiger partial charge is 0.328 e. The summed E-state index contributed by atoms with van der Waals surface area (Å²) < 4.78 is 26.4. The van der Waals surface area contributed by atoms with Gasteiger partial charge in [-0.3, -0.25) is 0 Å². The molecule has 2 rings (SSSR count). The Kier molecular flexibility index (Phi) is 6.36. The molecule has 0 aliphatic heterocycles. The first-order valence-corrected chi connectivity index (χ1v) is 9.44. The highest BCUT2D eigenvalue weighted by atomic mass is 32.2. The molecule has 6 heteroatoms. The molecule has 0 saturated carbocycles. The Morgan fingerprint density at radius 3 is 2.36 bits per heavy atom. The lowest BCUT2D eigenvalue weighted by Crippen LogP contribution is -2.41. The van der Waals surface area contributed by atoms with Crippen molar-refractivity contribution in [1.82, 2.24) is 10.0 Å². The predicted octanol–water partition coefficient (Wildman–Crippen LogP) is 3.34. The molecule has 0 heterocycles. The van der Waals surface area contributed by atoms with Crippen molar-refractivity contribution in [2.75, 3.05) is 6.54 Å². The number of hydrogen-bond acceptors (Lipinski definition) is 3. The summed E-state index contributed by atoms with van der Waals surface area (Å²) in [6.45, 7) is 5.91. The molecule has 0 fully saturated rings. The van der Waals surface area contributed by atoms with E-state index in [0.29, 0.717) is 13.0 Å². The van der Waals surface area contributed by atoms with E-state index in [1.165, 1.54) is 12.1 Å². The van der Waals surface area contributed by atoms with Gasteiger partial charge in [0, 0.05) is 12.5 Å². The molecule has 0 spiro atoms. The summed E-state index contributed by atoms with van der Waals surface area (Å²) in [4.78, 5) is 12.1. The Labute approximate surface area is 148 Å². The average Bonchev–Trinajstić information content (AvgIpc) is 2.59. The van der Waals surface area contributed by atoms with Crippen molar-refractivity contribution in [3.05, 3.63) is 78.4 Å². The highest BCUT2D eigenvalue weighted by Gasteiger charge is 2.18. The van der Waals surface area contributed by atoms with Crippen molar-refractivity contribution in [2.24, 2.45) is 0 Å². The standard InChI is InChI=1S/C19H22N2O3S/c1-3-7-17(16-8-5-4-6-9-16)14-20-19(22)21-25(23,24)18-12-10-15(2)11-13-18/h3-6,8-13,17H,1,7,14H2,2H3,(H2,20,21,22). The molecular formula is C19H22N2O3S. The fourth-order valence-corrected chi connectivity index (χ4v) is 3.34. The van der Waals surface area contributed by atoms with Crippen molar-refractivity contribution in [3.63, 3.8) is 0 Å². The highest BCUT2D eigenvalue weighted by Crippen LogP contribution is 2.19. The number of hydrogen-bond donors (Lipinski definition) is 2. The highest BCUT2D eigenvalue weighted by molar-refractivity contribution is 7.90. The molecule has 0 bridgehead atoms. The number of rotatable bonds is 7. The molecule has 0 aromatic heterocycles. The van der Waals surface area contributed by atoms with Gasteiger partial charge in [0.2, 0.25) is 0 Å². The minimum absolute atomic E-state index is 0.0338. The number of aryl methyl sites for hydroxylation is 1. The van der Waals surface area contributed by atoms with Gasteiger partial charge in [-0.2, -0.15) is 0 Å². The molecule has 1 unspecified atom stereocenters. The number of carbonyl (C=O) groups is 1. The van der Waals surface area contributed by atoms with Gasteiger partial charge in [0.1, 0.15) is 0 Å². The second-order valence-corrected chi connectivity index (χ2v) is 7.44. The number of amides is 2. The van der Waals surface area contributed by atoms with Crippen LogP contribution in [0.3, 0.4) is 0 Å². The third kappa shape index (κ3) is 5.46. The maximum Gasteiger partial charge on any atom is 0.328 e. The van der Waals surface area contributed by atoms with Crippen LogP contribution in [-0.2, 0) is 10.0 Å². The minimum Gasteiger partial charge on any atom is -0.337 e. The van der Waals surface area contributed by atoms with Gasteiger partial charge in [-0.05, 0) is 31.0 Å². The third-order valence-electron chi connectivity index (χ3n) is 3.79. The van der Waals surface area contributed by atoms with Gasteiger partial charge >= 0.3 is 6.03 Å². The molecule has 25 heavy (non-hydrogen) atoms. The van der Waals surface area contributed by atoms with Gasteiger partial charge in [-0.1, -0.05) is 54.1 Å². The molecule has 2 aromatic rings. The van der Waals surface area contributed by atoms with Crippen LogP contribution in [0.15, 0.2) is 72.1 Å². The Hall–Kier alpha value is -2.60. The molecule has 0 aliphatic carbocycles. The molecule has 1 atom stereocenters. The van der Waals surface area contributed by atoms with Crippen molar-refractivity contribution in [3.8, 4) is 0 Å². The maximum absolute atomic E-state index is 12.2. The molecule has 2 N–H and O–H groups in total. The largest absolute Gasteiger partial charge is 0.337 e. The molecule has 0 saturated heterocycles. The van der Waals surface area contributed by atoms with E-state index in [-0.39, 0.29) is 10.8 Å². The molecule has 132 valence electrons. The van der Waals surface area contributed by atoms with Crippen LogP contribution in [0, 0.1) is 6.92 Å². The van der Waals surface area contributed by atoms with Crippen molar-refractivity contribution >= 4 is 16.1 Å². The van der Waals surface area contributed by atoms with Crippen molar-refractivity contribution in [2.45, 2.75) is 24.2 Å². The Balaban J connectivity index is 1.99. The normalized spacial score (nSPS) is 12.2. The average molecular weight is 358 g/mol. The lowest BCUT2D eigenvalue weighted by molar-refractivity contribution is 0.245. The quantitative estimate of drug-likeness (QED) is 0.746. The zero-order valence-electron chi connectivity index (χ0n) is 14.1. The lowest BCUT2D eigenvalue weighted by atomic mass is 9.96. The van der Waals surface area contributed by atoms with E-state index in [1.54, 1.807) is 18.2 Å². The van der Waals surface area contributed by atoms with E-state index in [4.69, 9.17) is 0 Å². The summed E-state index contributed by atoms with van der Waals surface area (Å²) in [5.74, 6) is 0.0338. The van der Waals surface area contributed by atoms with E-state index >= 15 is 0 Å². The first kappa shape index (κ1) is 18.7. The Morgan fingerprint density at radius 1 is 1.12 bits per heavy atom. The fraction of sp³-hybridized carbons (Fsp3) is 0.211. The maximum atomic E-state index is 12.2. The van der Waals surface area contributed by atoms with E-state index in [9.17, 15) is 13.2 Å². The summed E-state index contributed by atoms with van der Waals surface area (Å²) in [6.07, 6.45) is 2.45. The summed E-state index contributed by atoms with van der Waals surface area (Å²) >= 11 is 0. The zero-order valence-corrected chi connectivity index (χ0v) is 14.9. The van der Waals surface area contributed by atoms with E-state index in [1.807, 2.05) is 42.0 Å². The summed E-state index contributed by atoms with van der Waals surface area (Å²) in [6, 6.07) is 15.3. The first-order chi connectivity index (χ1) is 11.9. The molecule has 2 aromatic carbocycles. The lowest BCUT2D eigenvalue weighted by Gasteiger charge is -2.17. The summed E-state index contributed by atoms with van der Waals surface area (Å²) in [5.41, 5.74) is 2.00. The SMILES string of the molecule is C=CCC(CNC(=O)NS(=O)(=O)c1ccc(C)cc1)c1ccccc1. The van der Waals surface area contributed by atoms with Crippen LogP contribution in [0.4, 0.5) is 4.79 Å². The number of nitrogens with one attached hydrogen (secondary N) is 2. The van der Waals surface area contributed by atoms with E-state index in [2.05, 4.69) is 11.9 Å². The van der Waals surface area contributed by atoms with Crippen molar-refractivity contribution < 1.29 is 13.2 Å². The topological polar surface area (TPSA) is 75.3 Å². The van der Waals surface area contributed by atoms with E-state index < -0.39 is 16.1 Å². The van der Waals surface area contributed by atoms with Crippen LogP contribution >= 0.6 is 0 Å². The molecule has 0 aliphatic rings. The van der Waals surface area contributed by atoms with Gasteiger partial charge in [-0.25, -0.2) is 17.9 Å². The van der Waals surface area contributed by atoms with Crippen LogP contribution in [-0.4, -0.2) is 21.0 Å². The van der Waals surface area contributed by atoms with Gasteiger partial charge < -0.3 is 5.32 Å². The number of benzene rings is 2. The molecular weight excluding hydrogens is 336 g/mol. The van der Waals surface area contributed by atoms with E-state index in [0.717, 1.165) is 11.1 Å². The van der Waals surface area contributed by atoms with Gasteiger partial charge in [0.05, 0.1) is 4.90 Å². The summed E-state index contributed by atoms with van der Waals surface area (Å²) in [5, 5.41) is 2.63. The fourth-order valence-electron chi connectivity index (χ4n) is 2.41. The molecule has 2 amide bonds. The first-order valence-electron chi connectivity index (χ1n) is 7.95. The minimum atomic E-state index is -3.88. The van der Waals surface area contributed by atoms with Gasteiger partial charge in [0.15, 0.2) is 0 Å². The third-order valence-corrected chi connectivity index (χ3v) is 5.14. The number of allylic oxidation sites excluding steroid dienone is 1. The van der Waals surface area contributed by atoms with Crippen LogP contribution in [0.25, 0.3) is 0 Å². The molecule has 5 nitrogen and oxygen atoms in total. The second-order valence-electron chi connectivity index (χ2n) is 5.76. The zero-order chi connectivity index (χ0) is 18.3. The Bertz CT molecular complexity index is 816. The molecule has 0 radical (unpaired) electrons. The second kappa shape index (κ2) is 8.48. The van der Waals surface area contributed by atoms with Crippen LogP contribution in [0.5, 0.6) is 0 Å². The number of urea groups is 1. The van der Waals surface area contributed by atoms with Crippen LogP contribution in [0.2, 0.25) is 0 Å². The van der Waals surface area contributed by atoms with Gasteiger partial charge in [-0.15, -0.1) is 6.58 Å². The monoisotopic (exact) mass is 358 g/mol. The van der Waals surface area contributed by atoms with Crippen LogP contribution in [0.1, 0.15) is 23.5 Å².